The quantitative estimate of drug-likeness (QED) is 0.641. The average Bonchev–Trinajstić information content (AvgIpc) is 3.22. The van der Waals surface area contributed by atoms with E-state index in [1.54, 1.807) is 18.2 Å². The van der Waals surface area contributed by atoms with Crippen LogP contribution >= 0.6 is 0 Å². The van der Waals surface area contributed by atoms with Crippen molar-refractivity contribution in [2.75, 3.05) is 13.1 Å². The van der Waals surface area contributed by atoms with Crippen molar-refractivity contribution < 1.29 is 14.7 Å². The smallest absolute Gasteiger partial charge is 0.335 e. The maximum Gasteiger partial charge on any atom is 0.335 e. The summed E-state index contributed by atoms with van der Waals surface area (Å²) in [5, 5.41) is 14.9. The standard InChI is InChI=1S/C14H18N2O3/c17-13(11-4-5-11)16-7-6-15-9-10-2-1-3-12(8-10)14(18)19/h1-3,8,11,15H,4-7,9H2,(H,16,17)(H,18,19). The van der Waals surface area contributed by atoms with Gasteiger partial charge in [0, 0.05) is 25.6 Å². The summed E-state index contributed by atoms with van der Waals surface area (Å²) < 4.78 is 0. The third-order valence-electron chi connectivity index (χ3n) is 3.05. The number of amides is 1. The highest BCUT2D eigenvalue weighted by atomic mass is 16.4. The van der Waals surface area contributed by atoms with Crippen LogP contribution in [0.4, 0.5) is 0 Å². The number of benzene rings is 1. The lowest BCUT2D eigenvalue weighted by Gasteiger charge is -2.07. The van der Waals surface area contributed by atoms with Gasteiger partial charge in [-0.1, -0.05) is 12.1 Å². The predicted molar refractivity (Wildman–Crippen MR) is 70.8 cm³/mol. The number of carbonyl (C=O) groups is 2. The molecule has 1 fully saturated rings. The van der Waals surface area contributed by atoms with E-state index in [-0.39, 0.29) is 11.8 Å². The Kier molecular flexibility index (Phi) is 4.52. The fourth-order valence-electron chi connectivity index (χ4n) is 1.81. The zero-order valence-electron chi connectivity index (χ0n) is 10.7. The number of hydrogen-bond acceptors (Lipinski definition) is 3. The first-order chi connectivity index (χ1) is 9.16. The summed E-state index contributed by atoms with van der Waals surface area (Å²) in [6.45, 7) is 1.88. The largest absolute Gasteiger partial charge is 0.478 e. The topological polar surface area (TPSA) is 78.4 Å². The second-order valence-corrected chi connectivity index (χ2v) is 4.75. The van der Waals surface area contributed by atoms with Gasteiger partial charge in [-0.3, -0.25) is 4.79 Å². The Labute approximate surface area is 112 Å². The van der Waals surface area contributed by atoms with Crippen LogP contribution in [0.1, 0.15) is 28.8 Å². The Hall–Kier alpha value is -1.88. The van der Waals surface area contributed by atoms with E-state index in [9.17, 15) is 9.59 Å². The van der Waals surface area contributed by atoms with E-state index in [1.165, 1.54) is 0 Å². The molecule has 0 saturated heterocycles. The Morgan fingerprint density at radius 3 is 2.74 bits per heavy atom. The van der Waals surface area contributed by atoms with Gasteiger partial charge in [0.05, 0.1) is 5.56 Å². The molecule has 0 spiro atoms. The summed E-state index contributed by atoms with van der Waals surface area (Å²) in [6.07, 6.45) is 2.03. The van der Waals surface area contributed by atoms with Gasteiger partial charge >= 0.3 is 5.97 Å². The van der Waals surface area contributed by atoms with Crippen LogP contribution in [0.25, 0.3) is 0 Å². The van der Waals surface area contributed by atoms with E-state index < -0.39 is 5.97 Å². The van der Waals surface area contributed by atoms with Gasteiger partial charge in [0.25, 0.3) is 0 Å². The lowest BCUT2D eigenvalue weighted by atomic mass is 10.1. The highest BCUT2D eigenvalue weighted by Gasteiger charge is 2.28. The molecular formula is C14H18N2O3. The van der Waals surface area contributed by atoms with Crippen LogP contribution in [0.5, 0.6) is 0 Å². The van der Waals surface area contributed by atoms with E-state index in [2.05, 4.69) is 10.6 Å². The van der Waals surface area contributed by atoms with Crippen molar-refractivity contribution in [1.29, 1.82) is 0 Å². The van der Waals surface area contributed by atoms with E-state index in [4.69, 9.17) is 5.11 Å². The molecule has 3 N–H and O–H groups in total. The first kappa shape index (κ1) is 13.5. The van der Waals surface area contributed by atoms with Crippen molar-refractivity contribution in [2.24, 2.45) is 5.92 Å². The Morgan fingerprint density at radius 1 is 1.26 bits per heavy atom. The Bertz CT molecular complexity index is 470. The lowest BCUT2D eigenvalue weighted by molar-refractivity contribution is -0.122. The van der Waals surface area contributed by atoms with E-state index in [1.807, 2.05) is 6.07 Å². The van der Waals surface area contributed by atoms with Crippen molar-refractivity contribution in [3.05, 3.63) is 35.4 Å². The lowest BCUT2D eigenvalue weighted by Crippen LogP contribution is -2.32. The highest BCUT2D eigenvalue weighted by Crippen LogP contribution is 2.28. The van der Waals surface area contributed by atoms with Crippen molar-refractivity contribution in [2.45, 2.75) is 19.4 Å². The molecule has 0 atom stereocenters. The van der Waals surface area contributed by atoms with Crippen molar-refractivity contribution >= 4 is 11.9 Å². The fraction of sp³-hybridized carbons (Fsp3) is 0.429. The molecule has 19 heavy (non-hydrogen) atoms. The molecule has 1 aliphatic carbocycles. The second kappa shape index (κ2) is 6.33. The molecule has 0 aliphatic heterocycles. The molecule has 0 unspecified atom stereocenters. The van der Waals surface area contributed by atoms with Gasteiger partial charge in [-0.2, -0.15) is 0 Å². The van der Waals surface area contributed by atoms with Crippen LogP contribution in [0.15, 0.2) is 24.3 Å². The molecule has 1 aromatic rings. The van der Waals surface area contributed by atoms with Crippen LogP contribution in [0.2, 0.25) is 0 Å². The van der Waals surface area contributed by atoms with E-state index >= 15 is 0 Å². The summed E-state index contributed by atoms with van der Waals surface area (Å²) in [4.78, 5) is 22.2. The molecule has 0 aromatic heterocycles. The number of hydrogen-bond donors (Lipinski definition) is 3. The van der Waals surface area contributed by atoms with Crippen molar-refractivity contribution in [3.8, 4) is 0 Å². The number of carbonyl (C=O) groups excluding carboxylic acids is 1. The number of carboxylic acid groups (broad SMARTS) is 1. The van der Waals surface area contributed by atoms with Crippen molar-refractivity contribution in [1.82, 2.24) is 10.6 Å². The van der Waals surface area contributed by atoms with Crippen LogP contribution in [-0.2, 0) is 11.3 Å². The summed E-state index contributed by atoms with van der Waals surface area (Å²) >= 11 is 0. The number of aromatic carboxylic acids is 1. The molecule has 5 nitrogen and oxygen atoms in total. The van der Waals surface area contributed by atoms with Gasteiger partial charge < -0.3 is 15.7 Å². The Balaban J connectivity index is 1.66. The zero-order valence-corrected chi connectivity index (χ0v) is 10.7. The molecule has 1 saturated carbocycles. The molecule has 1 aliphatic rings. The molecule has 102 valence electrons. The average molecular weight is 262 g/mol. The molecule has 1 aromatic carbocycles. The maximum atomic E-state index is 11.4. The monoisotopic (exact) mass is 262 g/mol. The van der Waals surface area contributed by atoms with Gasteiger partial charge in [0.1, 0.15) is 0 Å². The van der Waals surface area contributed by atoms with Gasteiger partial charge in [-0.25, -0.2) is 4.79 Å². The number of carboxylic acids is 1. The van der Waals surface area contributed by atoms with E-state index in [0.29, 0.717) is 25.2 Å². The normalized spacial score (nSPS) is 14.1. The first-order valence-corrected chi connectivity index (χ1v) is 6.47. The third kappa shape index (κ3) is 4.37. The van der Waals surface area contributed by atoms with Gasteiger partial charge in [-0.15, -0.1) is 0 Å². The zero-order chi connectivity index (χ0) is 13.7. The molecule has 2 rings (SSSR count). The van der Waals surface area contributed by atoms with Crippen LogP contribution in [-0.4, -0.2) is 30.1 Å². The molecular weight excluding hydrogens is 244 g/mol. The SMILES string of the molecule is O=C(O)c1cccc(CNCCNC(=O)C2CC2)c1. The highest BCUT2D eigenvalue weighted by molar-refractivity contribution is 5.87. The summed E-state index contributed by atoms with van der Waals surface area (Å²) in [5.74, 6) is -0.527. The second-order valence-electron chi connectivity index (χ2n) is 4.75. The van der Waals surface area contributed by atoms with E-state index in [0.717, 1.165) is 18.4 Å². The Morgan fingerprint density at radius 2 is 2.05 bits per heavy atom. The van der Waals surface area contributed by atoms with Crippen molar-refractivity contribution in [3.63, 3.8) is 0 Å². The molecule has 1 amide bonds. The summed E-state index contributed by atoms with van der Waals surface area (Å²) in [5.41, 5.74) is 1.22. The minimum absolute atomic E-state index is 0.148. The summed E-state index contributed by atoms with van der Waals surface area (Å²) in [6, 6.07) is 6.83. The minimum Gasteiger partial charge on any atom is -0.478 e. The maximum absolute atomic E-state index is 11.4. The van der Waals surface area contributed by atoms with Gasteiger partial charge in [0.2, 0.25) is 5.91 Å². The molecule has 0 radical (unpaired) electrons. The molecule has 0 bridgehead atoms. The van der Waals surface area contributed by atoms with Gasteiger partial charge in [0.15, 0.2) is 0 Å². The first-order valence-electron chi connectivity index (χ1n) is 6.47. The van der Waals surface area contributed by atoms with Gasteiger partial charge in [-0.05, 0) is 30.5 Å². The third-order valence-corrected chi connectivity index (χ3v) is 3.05. The summed E-state index contributed by atoms with van der Waals surface area (Å²) in [7, 11) is 0. The van der Waals surface area contributed by atoms with Crippen LogP contribution < -0.4 is 10.6 Å². The van der Waals surface area contributed by atoms with Crippen LogP contribution in [0, 0.1) is 5.92 Å². The number of rotatable bonds is 7. The predicted octanol–water partition coefficient (Wildman–Crippen LogP) is 1.00. The minimum atomic E-state index is -0.918. The number of nitrogens with one attached hydrogen (secondary N) is 2. The molecule has 0 heterocycles. The fourth-order valence-corrected chi connectivity index (χ4v) is 1.81. The molecule has 5 heteroatoms. The van der Waals surface area contributed by atoms with Crippen LogP contribution in [0.3, 0.4) is 0 Å².